The first-order valence-corrected chi connectivity index (χ1v) is 5.79. The fourth-order valence-corrected chi connectivity index (χ4v) is 2.15. The predicted molar refractivity (Wildman–Crippen MR) is 65.6 cm³/mol. The molecule has 0 spiro atoms. The maximum Gasteiger partial charge on any atom is 0.254 e. The topological polar surface area (TPSA) is 59.0 Å². The molecule has 1 aliphatic heterocycles. The third-order valence-electron chi connectivity index (χ3n) is 3.22. The molecule has 1 heterocycles. The molecular formula is C13H17NO4. The van der Waals surface area contributed by atoms with Crippen LogP contribution >= 0.6 is 0 Å². The molecule has 1 aliphatic rings. The lowest BCUT2D eigenvalue weighted by Crippen LogP contribution is -2.29. The van der Waals surface area contributed by atoms with Crippen LogP contribution in [0.1, 0.15) is 10.4 Å². The first-order chi connectivity index (χ1) is 8.65. The first kappa shape index (κ1) is 12.9. The number of hydrogen-bond donors (Lipinski definition) is 1. The second-order valence-electron chi connectivity index (χ2n) is 4.31. The zero-order valence-electron chi connectivity index (χ0n) is 10.5. The van der Waals surface area contributed by atoms with Crippen LogP contribution < -0.4 is 0 Å². The van der Waals surface area contributed by atoms with Crippen molar-refractivity contribution in [3.8, 4) is 5.75 Å². The minimum atomic E-state index is -0.0870. The van der Waals surface area contributed by atoms with E-state index in [2.05, 4.69) is 0 Å². The molecule has 0 aliphatic carbocycles. The van der Waals surface area contributed by atoms with Gasteiger partial charge in [0.15, 0.2) is 0 Å². The first-order valence-electron chi connectivity index (χ1n) is 5.79. The molecule has 1 amide bonds. The van der Waals surface area contributed by atoms with E-state index in [1.165, 1.54) is 12.1 Å². The molecule has 98 valence electrons. The van der Waals surface area contributed by atoms with Crippen molar-refractivity contribution in [2.75, 3.05) is 27.3 Å². The zero-order chi connectivity index (χ0) is 13.1. The van der Waals surface area contributed by atoms with E-state index in [-0.39, 0.29) is 23.9 Å². The van der Waals surface area contributed by atoms with Gasteiger partial charge in [0.2, 0.25) is 0 Å². The van der Waals surface area contributed by atoms with Crippen molar-refractivity contribution in [3.63, 3.8) is 0 Å². The molecule has 0 aromatic heterocycles. The smallest absolute Gasteiger partial charge is 0.254 e. The fraction of sp³-hybridized carbons (Fsp3) is 0.462. The number of phenols is 1. The minimum Gasteiger partial charge on any atom is -0.508 e. The van der Waals surface area contributed by atoms with E-state index in [4.69, 9.17) is 9.47 Å². The number of likely N-dealkylation sites (tertiary alicyclic amines) is 1. The average molecular weight is 251 g/mol. The van der Waals surface area contributed by atoms with E-state index >= 15 is 0 Å². The van der Waals surface area contributed by atoms with Gasteiger partial charge in [-0.05, 0) is 24.3 Å². The number of aromatic hydroxyl groups is 1. The predicted octanol–water partition coefficient (Wildman–Crippen LogP) is 0.878. The summed E-state index contributed by atoms with van der Waals surface area (Å²) in [6.45, 7) is 1.05. The van der Waals surface area contributed by atoms with Gasteiger partial charge in [-0.3, -0.25) is 4.79 Å². The molecule has 1 aromatic carbocycles. The third-order valence-corrected chi connectivity index (χ3v) is 3.22. The maximum absolute atomic E-state index is 12.2. The van der Waals surface area contributed by atoms with Crippen molar-refractivity contribution >= 4 is 5.91 Å². The Kier molecular flexibility index (Phi) is 3.84. The normalized spacial score (nSPS) is 23.3. The number of amides is 1. The number of nitrogens with zero attached hydrogens (tertiary/aromatic N) is 1. The van der Waals surface area contributed by atoms with Crippen molar-refractivity contribution in [3.05, 3.63) is 29.8 Å². The molecule has 0 bridgehead atoms. The van der Waals surface area contributed by atoms with Gasteiger partial charge >= 0.3 is 0 Å². The van der Waals surface area contributed by atoms with Crippen LogP contribution in [0.2, 0.25) is 0 Å². The van der Waals surface area contributed by atoms with E-state index < -0.39 is 0 Å². The summed E-state index contributed by atoms with van der Waals surface area (Å²) in [4.78, 5) is 13.9. The van der Waals surface area contributed by atoms with Gasteiger partial charge in [-0.2, -0.15) is 0 Å². The number of carbonyl (C=O) groups is 1. The van der Waals surface area contributed by atoms with Gasteiger partial charge in [-0.15, -0.1) is 0 Å². The van der Waals surface area contributed by atoms with Gasteiger partial charge in [-0.25, -0.2) is 0 Å². The van der Waals surface area contributed by atoms with Gasteiger partial charge in [-0.1, -0.05) is 0 Å². The average Bonchev–Trinajstić information content (AvgIpc) is 2.82. The molecule has 2 unspecified atom stereocenters. The van der Waals surface area contributed by atoms with Gasteiger partial charge in [0.1, 0.15) is 18.0 Å². The molecule has 0 saturated carbocycles. The molecular weight excluding hydrogens is 234 g/mol. The van der Waals surface area contributed by atoms with Crippen LogP contribution in [0.15, 0.2) is 24.3 Å². The quantitative estimate of drug-likeness (QED) is 0.866. The SMILES string of the molecule is COC1CN(C(=O)c2ccc(O)cc2)CC1OC. The van der Waals surface area contributed by atoms with Crippen molar-refractivity contribution in [2.24, 2.45) is 0 Å². The Bertz CT molecular complexity index is 406. The molecule has 1 saturated heterocycles. The van der Waals surface area contributed by atoms with Crippen molar-refractivity contribution in [1.82, 2.24) is 4.90 Å². The summed E-state index contributed by atoms with van der Waals surface area (Å²) in [6, 6.07) is 6.23. The highest BCUT2D eigenvalue weighted by atomic mass is 16.5. The number of benzene rings is 1. The number of rotatable bonds is 3. The summed E-state index contributed by atoms with van der Waals surface area (Å²) in [5.74, 6) is 0.0779. The number of ether oxygens (including phenoxy) is 2. The Balaban J connectivity index is 2.09. The highest BCUT2D eigenvalue weighted by molar-refractivity contribution is 5.94. The van der Waals surface area contributed by atoms with Crippen LogP contribution in [0.3, 0.4) is 0 Å². The van der Waals surface area contributed by atoms with E-state index in [1.54, 1.807) is 31.3 Å². The van der Waals surface area contributed by atoms with Crippen LogP contribution in [0.5, 0.6) is 5.75 Å². The standard InChI is InChI=1S/C13H17NO4/c1-17-11-7-14(8-12(11)18-2)13(16)9-3-5-10(15)6-4-9/h3-6,11-12,15H,7-8H2,1-2H3. The molecule has 1 N–H and O–H groups in total. The summed E-state index contributed by atoms with van der Waals surface area (Å²) in [6.07, 6.45) is -0.174. The van der Waals surface area contributed by atoms with Crippen LogP contribution in [-0.2, 0) is 9.47 Å². The van der Waals surface area contributed by atoms with E-state index in [9.17, 15) is 9.90 Å². The lowest BCUT2D eigenvalue weighted by molar-refractivity contribution is -0.00461. The Morgan fingerprint density at radius 3 is 2.11 bits per heavy atom. The highest BCUT2D eigenvalue weighted by Crippen LogP contribution is 2.19. The van der Waals surface area contributed by atoms with Gasteiger partial charge in [0.05, 0.1) is 0 Å². The van der Waals surface area contributed by atoms with Crippen molar-refractivity contribution in [1.29, 1.82) is 0 Å². The molecule has 1 aromatic rings. The number of hydrogen-bond acceptors (Lipinski definition) is 4. The largest absolute Gasteiger partial charge is 0.508 e. The second kappa shape index (κ2) is 5.37. The molecule has 18 heavy (non-hydrogen) atoms. The zero-order valence-corrected chi connectivity index (χ0v) is 10.5. The number of phenolic OH excluding ortho intramolecular Hbond substituents is 1. The lowest BCUT2D eigenvalue weighted by atomic mass is 10.2. The molecule has 0 radical (unpaired) electrons. The Morgan fingerprint density at radius 1 is 1.17 bits per heavy atom. The fourth-order valence-electron chi connectivity index (χ4n) is 2.15. The van der Waals surface area contributed by atoms with Crippen LogP contribution in [0.25, 0.3) is 0 Å². The Morgan fingerprint density at radius 2 is 1.67 bits per heavy atom. The Hall–Kier alpha value is -1.59. The molecule has 2 rings (SSSR count). The minimum absolute atomic E-state index is 0.0726. The highest BCUT2D eigenvalue weighted by Gasteiger charge is 2.35. The third kappa shape index (κ3) is 2.47. The second-order valence-corrected chi connectivity index (χ2v) is 4.31. The summed E-state index contributed by atoms with van der Waals surface area (Å²) < 4.78 is 10.6. The van der Waals surface area contributed by atoms with Gasteiger partial charge in [0.25, 0.3) is 5.91 Å². The Labute approximate surface area is 106 Å². The van der Waals surface area contributed by atoms with Crippen LogP contribution in [-0.4, -0.2) is 55.4 Å². The summed E-state index contributed by atoms with van der Waals surface area (Å²) in [7, 11) is 3.23. The van der Waals surface area contributed by atoms with Crippen molar-refractivity contribution in [2.45, 2.75) is 12.2 Å². The maximum atomic E-state index is 12.2. The molecule has 1 fully saturated rings. The van der Waals surface area contributed by atoms with Crippen LogP contribution in [0.4, 0.5) is 0 Å². The van der Waals surface area contributed by atoms with E-state index in [0.717, 1.165) is 0 Å². The molecule has 5 nitrogen and oxygen atoms in total. The van der Waals surface area contributed by atoms with Crippen molar-refractivity contribution < 1.29 is 19.4 Å². The van der Waals surface area contributed by atoms with Crippen LogP contribution in [0, 0.1) is 0 Å². The summed E-state index contributed by atoms with van der Waals surface area (Å²) >= 11 is 0. The van der Waals surface area contributed by atoms with Gasteiger partial charge < -0.3 is 19.5 Å². The molecule has 2 atom stereocenters. The van der Waals surface area contributed by atoms with Gasteiger partial charge in [0, 0.05) is 32.9 Å². The number of methoxy groups -OCH3 is 2. The lowest BCUT2D eigenvalue weighted by Gasteiger charge is -2.15. The molecule has 5 heteroatoms. The van der Waals surface area contributed by atoms with E-state index in [1.807, 2.05) is 0 Å². The summed E-state index contributed by atoms with van der Waals surface area (Å²) in [5, 5.41) is 9.20. The summed E-state index contributed by atoms with van der Waals surface area (Å²) in [5.41, 5.74) is 0.555. The van der Waals surface area contributed by atoms with E-state index in [0.29, 0.717) is 18.7 Å². The monoisotopic (exact) mass is 251 g/mol. The number of carbonyl (C=O) groups excluding carboxylic acids is 1.